The number of methoxy groups -OCH3 is 1. The SMILES string of the molecule is CCOc1ccccc1-c1nc(CN2CCNC(=O)C2CC(=O)OC)c(C)o1. The van der Waals surface area contributed by atoms with Gasteiger partial charge in [-0.1, -0.05) is 12.1 Å². The van der Waals surface area contributed by atoms with Crippen LogP contribution in [0.25, 0.3) is 11.5 Å². The molecule has 1 aliphatic rings. The molecule has 8 heteroatoms. The Bertz CT molecular complexity index is 848. The van der Waals surface area contributed by atoms with E-state index < -0.39 is 12.0 Å². The topological polar surface area (TPSA) is 93.9 Å². The molecule has 1 aromatic heterocycles. The van der Waals surface area contributed by atoms with Crippen LogP contribution in [0.5, 0.6) is 5.75 Å². The molecule has 1 atom stereocenters. The maximum Gasteiger partial charge on any atom is 0.307 e. The van der Waals surface area contributed by atoms with Crippen molar-refractivity contribution in [3.8, 4) is 17.2 Å². The number of benzene rings is 1. The van der Waals surface area contributed by atoms with Gasteiger partial charge in [-0.25, -0.2) is 4.98 Å². The molecular weight excluding hydrogens is 362 g/mol. The molecule has 1 N–H and O–H groups in total. The van der Waals surface area contributed by atoms with Gasteiger partial charge in [-0.15, -0.1) is 0 Å². The number of esters is 1. The van der Waals surface area contributed by atoms with Crippen molar-refractivity contribution in [2.45, 2.75) is 32.9 Å². The second kappa shape index (κ2) is 8.88. The van der Waals surface area contributed by atoms with Crippen molar-refractivity contribution in [2.75, 3.05) is 26.8 Å². The number of ether oxygens (including phenoxy) is 2. The molecule has 0 saturated carbocycles. The van der Waals surface area contributed by atoms with Crippen molar-refractivity contribution in [1.82, 2.24) is 15.2 Å². The van der Waals surface area contributed by atoms with Gasteiger partial charge in [0.25, 0.3) is 0 Å². The van der Waals surface area contributed by atoms with E-state index in [1.807, 2.05) is 43.0 Å². The van der Waals surface area contributed by atoms with Gasteiger partial charge in [-0.05, 0) is 26.0 Å². The molecule has 1 saturated heterocycles. The van der Waals surface area contributed by atoms with Crippen LogP contribution in [0.3, 0.4) is 0 Å². The molecule has 0 aliphatic carbocycles. The molecule has 1 unspecified atom stereocenters. The van der Waals surface area contributed by atoms with Crippen LogP contribution in [-0.4, -0.2) is 54.6 Å². The monoisotopic (exact) mass is 387 g/mol. The standard InChI is InChI=1S/C20H25N3O5/c1-4-27-17-8-6-5-7-14(17)20-22-15(13(2)28-20)12-23-10-9-21-19(25)16(23)11-18(24)26-3/h5-8,16H,4,9-12H2,1-3H3,(H,21,25). The summed E-state index contributed by atoms with van der Waals surface area (Å²) < 4.78 is 16.3. The molecule has 2 aromatic rings. The Morgan fingerprint density at radius 3 is 2.93 bits per heavy atom. The first-order valence-corrected chi connectivity index (χ1v) is 9.30. The zero-order valence-corrected chi connectivity index (χ0v) is 16.4. The molecule has 2 heterocycles. The van der Waals surface area contributed by atoms with Crippen molar-refractivity contribution >= 4 is 11.9 Å². The first-order chi connectivity index (χ1) is 13.5. The normalized spacial score (nSPS) is 17.2. The van der Waals surface area contributed by atoms with Crippen LogP contribution < -0.4 is 10.1 Å². The van der Waals surface area contributed by atoms with E-state index in [4.69, 9.17) is 13.9 Å². The van der Waals surface area contributed by atoms with Gasteiger partial charge in [-0.2, -0.15) is 0 Å². The molecule has 0 radical (unpaired) electrons. The van der Waals surface area contributed by atoms with Crippen LogP contribution in [0.2, 0.25) is 0 Å². The summed E-state index contributed by atoms with van der Waals surface area (Å²) in [6.45, 7) is 5.85. The van der Waals surface area contributed by atoms with Gasteiger partial charge in [0.05, 0.1) is 31.4 Å². The van der Waals surface area contributed by atoms with Crippen LogP contribution in [0.1, 0.15) is 24.8 Å². The van der Waals surface area contributed by atoms with Gasteiger partial charge in [0, 0.05) is 19.6 Å². The van der Waals surface area contributed by atoms with Crippen molar-refractivity contribution < 1.29 is 23.5 Å². The third-order valence-corrected chi connectivity index (χ3v) is 4.69. The summed E-state index contributed by atoms with van der Waals surface area (Å²) in [5.74, 6) is 1.25. The average Bonchev–Trinajstić information content (AvgIpc) is 3.05. The molecule has 28 heavy (non-hydrogen) atoms. The molecule has 3 rings (SSSR count). The number of hydrogen-bond acceptors (Lipinski definition) is 7. The zero-order valence-electron chi connectivity index (χ0n) is 16.4. The number of oxazole rings is 1. The molecule has 8 nitrogen and oxygen atoms in total. The summed E-state index contributed by atoms with van der Waals surface area (Å²) in [4.78, 5) is 30.5. The summed E-state index contributed by atoms with van der Waals surface area (Å²) in [6, 6.07) is 6.98. The van der Waals surface area contributed by atoms with Gasteiger partial charge < -0.3 is 19.2 Å². The van der Waals surface area contributed by atoms with Gasteiger partial charge in [0.15, 0.2) is 0 Å². The van der Waals surface area contributed by atoms with Crippen LogP contribution in [0.4, 0.5) is 0 Å². The second-order valence-electron chi connectivity index (χ2n) is 6.51. The molecule has 150 valence electrons. The summed E-state index contributed by atoms with van der Waals surface area (Å²) in [7, 11) is 1.32. The molecule has 1 fully saturated rings. The highest BCUT2D eigenvalue weighted by Crippen LogP contribution is 2.31. The molecule has 1 aliphatic heterocycles. The maximum absolute atomic E-state index is 12.3. The summed E-state index contributed by atoms with van der Waals surface area (Å²) in [5.41, 5.74) is 1.51. The Balaban J connectivity index is 1.83. The first-order valence-electron chi connectivity index (χ1n) is 9.30. The number of piperazine rings is 1. The zero-order chi connectivity index (χ0) is 20.1. The first kappa shape index (κ1) is 19.9. The van der Waals surface area contributed by atoms with Gasteiger partial charge in [0.1, 0.15) is 17.6 Å². The number of carbonyl (C=O) groups is 2. The number of rotatable bonds is 7. The number of para-hydroxylation sites is 1. The number of nitrogens with one attached hydrogen (secondary N) is 1. The summed E-state index contributed by atoms with van der Waals surface area (Å²) >= 11 is 0. The highest BCUT2D eigenvalue weighted by Gasteiger charge is 2.33. The van der Waals surface area contributed by atoms with E-state index in [-0.39, 0.29) is 12.3 Å². The van der Waals surface area contributed by atoms with E-state index in [1.54, 1.807) is 0 Å². The lowest BCUT2D eigenvalue weighted by Crippen LogP contribution is -2.55. The largest absolute Gasteiger partial charge is 0.493 e. The van der Waals surface area contributed by atoms with Crippen molar-refractivity contribution in [3.05, 3.63) is 35.7 Å². The molecule has 1 amide bonds. The van der Waals surface area contributed by atoms with E-state index >= 15 is 0 Å². The van der Waals surface area contributed by atoms with Crippen molar-refractivity contribution in [2.24, 2.45) is 0 Å². The van der Waals surface area contributed by atoms with Crippen LogP contribution in [0.15, 0.2) is 28.7 Å². The quantitative estimate of drug-likeness (QED) is 0.725. The number of aromatic nitrogens is 1. The van der Waals surface area contributed by atoms with Gasteiger partial charge in [0.2, 0.25) is 11.8 Å². The fourth-order valence-electron chi connectivity index (χ4n) is 3.22. The molecular formula is C20H25N3O5. The Labute approximate surface area is 163 Å². The Morgan fingerprint density at radius 1 is 1.39 bits per heavy atom. The number of aryl methyl sites for hydroxylation is 1. The second-order valence-corrected chi connectivity index (χ2v) is 6.51. The third-order valence-electron chi connectivity index (χ3n) is 4.69. The lowest BCUT2D eigenvalue weighted by Gasteiger charge is -2.33. The summed E-state index contributed by atoms with van der Waals surface area (Å²) in [5, 5.41) is 2.80. The van der Waals surface area contributed by atoms with E-state index in [9.17, 15) is 9.59 Å². The Morgan fingerprint density at radius 2 is 2.18 bits per heavy atom. The number of nitrogens with zero attached hydrogens (tertiary/aromatic N) is 2. The van der Waals surface area contributed by atoms with E-state index in [0.717, 1.165) is 11.3 Å². The third kappa shape index (κ3) is 4.33. The molecule has 0 spiro atoms. The fourth-order valence-corrected chi connectivity index (χ4v) is 3.22. The number of carbonyl (C=O) groups excluding carboxylic acids is 2. The minimum atomic E-state index is -0.587. The van der Waals surface area contributed by atoms with E-state index in [2.05, 4.69) is 10.3 Å². The van der Waals surface area contributed by atoms with Gasteiger partial charge in [-0.3, -0.25) is 14.5 Å². The van der Waals surface area contributed by atoms with Crippen molar-refractivity contribution in [1.29, 1.82) is 0 Å². The van der Waals surface area contributed by atoms with Crippen LogP contribution in [0, 0.1) is 6.92 Å². The Kier molecular flexibility index (Phi) is 6.30. The molecule has 0 bridgehead atoms. The van der Waals surface area contributed by atoms with Crippen LogP contribution >= 0.6 is 0 Å². The van der Waals surface area contributed by atoms with Crippen LogP contribution in [-0.2, 0) is 20.9 Å². The van der Waals surface area contributed by atoms with Crippen molar-refractivity contribution in [3.63, 3.8) is 0 Å². The average molecular weight is 387 g/mol. The Hall–Kier alpha value is -2.87. The fraction of sp³-hybridized carbons (Fsp3) is 0.450. The van der Waals surface area contributed by atoms with E-state index in [1.165, 1.54) is 7.11 Å². The predicted molar refractivity (Wildman–Crippen MR) is 102 cm³/mol. The highest BCUT2D eigenvalue weighted by atomic mass is 16.5. The number of amides is 1. The lowest BCUT2D eigenvalue weighted by atomic mass is 10.1. The number of hydrogen-bond donors (Lipinski definition) is 1. The highest BCUT2D eigenvalue weighted by molar-refractivity contribution is 5.87. The minimum absolute atomic E-state index is 0.000731. The minimum Gasteiger partial charge on any atom is -0.493 e. The van der Waals surface area contributed by atoms with E-state index in [0.29, 0.717) is 43.6 Å². The molecule has 1 aromatic carbocycles. The smallest absolute Gasteiger partial charge is 0.307 e. The summed E-state index contributed by atoms with van der Waals surface area (Å²) in [6.07, 6.45) is -0.000731. The van der Waals surface area contributed by atoms with Gasteiger partial charge >= 0.3 is 5.97 Å². The maximum atomic E-state index is 12.3. The predicted octanol–water partition coefficient (Wildman–Crippen LogP) is 1.91. The lowest BCUT2D eigenvalue weighted by molar-refractivity contribution is -0.146.